The summed E-state index contributed by atoms with van der Waals surface area (Å²) in [5, 5.41) is 6.72. The van der Waals surface area contributed by atoms with Gasteiger partial charge < -0.3 is 21.4 Å². The van der Waals surface area contributed by atoms with Gasteiger partial charge in [0.2, 0.25) is 5.78 Å². The highest BCUT2D eigenvalue weighted by molar-refractivity contribution is 5.71. The maximum Gasteiger partial charge on any atom is 0.282 e. The molecule has 0 aliphatic carbocycles. The molecular weight excluding hydrogens is 424 g/mol. The van der Waals surface area contributed by atoms with Crippen LogP contribution < -0.4 is 21.9 Å². The molecule has 0 fully saturated rings. The van der Waals surface area contributed by atoms with Gasteiger partial charge in [-0.15, -0.1) is 0 Å². The second-order valence-corrected chi connectivity index (χ2v) is 8.64. The first-order valence-corrected chi connectivity index (χ1v) is 11.8. The summed E-state index contributed by atoms with van der Waals surface area (Å²) < 4.78 is 1.89. The highest BCUT2D eigenvalue weighted by Crippen LogP contribution is 2.25. The fraction of sp³-hybridized carbons (Fsp3) is 0.259. The Balaban J connectivity index is 1.36. The van der Waals surface area contributed by atoms with Gasteiger partial charge in [0.1, 0.15) is 0 Å². The summed E-state index contributed by atoms with van der Waals surface area (Å²) in [6, 6.07) is 16.6. The summed E-state index contributed by atoms with van der Waals surface area (Å²) in [5.74, 6) is 0.537. The van der Waals surface area contributed by atoms with Crippen molar-refractivity contribution in [3.05, 3.63) is 88.5 Å². The maximum absolute atomic E-state index is 12.7. The quantitative estimate of drug-likeness (QED) is 0.307. The monoisotopic (exact) mass is 454 g/mol. The van der Waals surface area contributed by atoms with Crippen LogP contribution in [0.2, 0.25) is 0 Å². The number of nitrogens with two attached hydrogens (primary N) is 1. The van der Waals surface area contributed by atoms with Gasteiger partial charge >= 0.3 is 0 Å². The number of fused-ring (bicyclic) bond motifs is 1. The Morgan fingerprint density at radius 3 is 2.50 bits per heavy atom. The van der Waals surface area contributed by atoms with Crippen LogP contribution in [-0.4, -0.2) is 40.5 Å². The summed E-state index contributed by atoms with van der Waals surface area (Å²) in [6.07, 6.45) is 8.10. The molecule has 7 nitrogen and oxygen atoms in total. The van der Waals surface area contributed by atoms with Crippen LogP contribution in [0.1, 0.15) is 24.0 Å². The number of imidazole rings is 1. The second kappa shape index (κ2) is 10.2. The predicted octanol–water partition coefficient (Wildman–Crippen LogP) is 3.17. The van der Waals surface area contributed by atoms with E-state index in [1.54, 1.807) is 0 Å². The highest BCUT2D eigenvalue weighted by atomic mass is 16.1. The minimum atomic E-state index is -0.240. The van der Waals surface area contributed by atoms with E-state index in [-0.39, 0.29) is 5.56 Å². The molecule has 5 rings (SSSR count). The molecule has 0 saturated heterocycles. The Hall–Kier alpha value is -3.52. The summed E-state index contributed by atoms with van der Waals surface area (Å²) in [7, 11) is 0. The van der Waals surface area contributed by atoms with E-state index in [1.165, 1.54) is 16.7 Å². The van der Waals surface area contributed by atoms with Gasteiger partial charge in [-0.3, -0.25) is 9.20 Å². The van der Waals surface area contributed by atoms with Crippen molar-refractivity contribution >= 4 is 11.4 Å². The Morgan fingerprint density at radius 2 is 1.76 bits per heavy atom. The van der Waals surface area contributed by atoms with E-state index in [9.17, 15) is 4.79 Å². The molecule has 1 aliphatic heterocycles. The molecule has 174 valence electrons. The van der Waals surface area contributed by atoms with E-state index >= 15 is 0 Å². The van der Waals surface area contributed by atoms with Crippen molar-refractivity contribution in [1.82, 2.24) is 25.0 Å². The molecule has 3 heterocycles. The van der Waals surface area contributed by atoms with E-state index in [2.05, 4.69) is 50.9 Å². The number of H-pyrrole nitrogens is 1. The number of nitrogens with one attached hydrogen (secondary N) is 3. The molecule has 0 amide bonds. The molecule has 4 aromatic rings. The number of rotatable bonds is 8. The molecule has 1 aliphatic rings. The minimum absolute atomic E-state index is 0.240. The van der Waals surface area contributed by atoms with Crippen LogP contribution in [0.3, 0.4) is 0 Å². The molecule has 0 spiro atoms. The molecule has 2 aromatic heterocycles. The Bertz CT molecular complexity index is 1350. The zero-order valence-corrected chi connectivity index (χ0v) is 19.2. The number of hydrogen-bond donors (Lipinski definition) is 4. The van der Waals surface area contributed by atoms with Crippen LogP contribution in [-0.2, 0) is 6.54 Å². The van der Waals surface area contributed by atoms with Crippen LogP contribution >= 0.6 is 0 Å². The largest absolute Gasteiger partial charge is 0.330 e. The third-order valence-corrected chi connectivity index (χ3v) is 6.25. The van der Waals surface area contributed by atoms with Gasteiger partial charge in [0.05, 0.1) is 11.3 Å². The zero-order chi connectivity index (χ0) is 23.3. The van der Waals surface area contributed by atoms with E-state index in [1.807, 2.05) is 41.1 Å². The summed E-state index contributed by atoms with van der Waals surface area (Å²) in [4.78, 5) is 20.3. The number of nitrogens with zero attached hydrogens (tertiary/aromatic N) is 2. The number of aromatic nitrogens is 3. The molecular formula is C27H30N6O. The van der Waals surface area contributed by atoms with Crippen LogP contribution in [0.4, 0.5) is 0 Å². The van der Waals surface area contributed by atoms with Crippen LogP contribution in [0.5, 0.6) is 0 Å². The summed E-state index contributed by atoms with van der Waals surface area (Å²) >= 11 is 0. The van der Waals surface area contributed by atoms with Crippen molar-refractivity contribution in [2.45, 2.75) is 19.4 Å². The van der Waals surface area contributed by atoms with Crippen LogP contribution in [0.25, 0.3) is 33.7 Å². The summed E-state index contributed by atoms with van der Waals surface area (Å²) in [5.41, 5.74) is 12.5. The topological polar surface area (TPSA) is 100 Å². The lowest BCUT2D eigenvalue weighted by atomic mass is 9.99. The van der Waals surface area contributed by atoms with Gasteiger partial charge in [0, 0.05) is 25.5 Å². The predicted molar refractivity (Wildman–Crippen MR) is 138 cm³/mol. The molecule has 0 unspecified atom stereocenters. The number of hydrogen-bond acceptors (Lipinski definition) is 5. The third-order valence-electron chi connectivity index (χ3n) is 6.25. The van der Waals surface area contributed by atoms with Crippen LogP contribution in [0.15, 0.2) is 71.8 Å². The lowest BCUT2D eigenvalue weighted by Gasteiger charge is -2.14. The molecule has 0 radical (unpaired) electrons. The maximum atomic E-state index is 12.7. The molecule has 2 aromatic carbocycles. The standard InChI is InChI=1S/C27H30N6O/c28-12-1-13-30-16-19-2-4-22(5-3-19)24-17-33-18-25(31-27(33)32-26(24)34)23-8-6-20(7-9-23)21-10-14-29-15-11-21/h2-10,17-18,29-30H,1,11-16,28H2,(H,31,32,34). The SMILES string of the molecule is NCCCNCc1ccc(-c2cn3cc(-c4ccc(C5=CCNCC5)cc4)[nH]c3nc2=O)cc1. The Labute approximate surface area is 198 Å². The van der Waals surface area contributed by atoms with Crippen molar-refractivity contribution in [3.63, 3.8) is 0 Å². The first-order valence-electron chi connectivity index (χ1n) is 11.8. The lowest BCUT2D eigenvalue weighted by molar-refractivity contribution is 0.655. The highest BCUT2D eigenvalue weighted by Gasteiger charge is 2.11. The van der Waals surface area contributed by atoms with E-state index < -0.39 is 0 Å². The Morgan fingerprint density at radius 1 is 1.00 bits per heavy atom. The van der Waals surface area contributed by atoms with Crippen molar-refractivity contribution in [2.75, 3.05) is 26.2 Å². The van der Waals surface area contributed by atoms with E-state index in [0.29, 0.717) is 17.9 Å². The fourth-order valence-corrected chi connectivity index (χ4v) is 4.31. The van der Waals surface area contributed by atoms with Crippen molar-refractivity contribution in [1.29, 1.82) is 0 Å². The average Bonchev–Trinajstić information content (AvgIpc) is 3.30. The van der Waals surface area contributed by atoms with Gasteiger partial charge in [-0.1, -0.05) is 54.6 Å². The molecule has 0 saturated carbocycles. The smallest absolute Gasteiger partial charge is 0.282 e. The van der Waals surface area contributed by atoms with Gasteiger partial charge in [-0.05, 0) is 60.3 Å². The summed E-state index contributed by atoms with van der Waals surface area (Å²) in [6.45, 7) is 4.31. The number of benzene rings is 2. The van der Waals surface area contributed by atoms with Crippen molar-refractivity contribution in [2.24, 2.45) is 5.73 Å². The van der Waals surface area contributed by atoms with E-state index in [0.717, 1.165) is 55.8 Å². The normalized spacial score (nSPS) is 13.9. The van der Waals surface area contributed by atoms with Gasteiger partial charge in [-0.2, -0.15) is 4.98 Å². The molecule has 0 bridgehead atoms. The molecule has 7 heteroatoms. The third kappa shape index (κ3) is 4.87. The lowest BCUT2D eigenvalue weighted by Crippen LogP contribution is -2.19. The zero-order valence-electron chi connectivity index (χ0n) is 19.2. The molecule has 0 atom stereocenters. The van der Waals surface area contributed by atoms with Crippen molar-refractivity contribution < 1.29 is 0 Å². The molecule has 5 N–H and O–H groups in total. The van der Waals surface area contributed by atoms with Gasteiger partial charge in [0.15, 0.2) is 0 Å². The average molecular weight is 455 g/mol. The number of aromatic amines is 1. The Kier molecular flexibility index (Phi) is 6.67. The molecule has 34 heavy (non-hydrogen) atoms. The first kappa shape index (κ1) is 22.3. The first-order chi connectivity index (χ1) is 16.7. The minimum Gasteiger partial charge on any atom is -0.330 e. The fourth-order valence-electron chi connectivity index (χ4n) is 4.31. The van der Waals surface area contributed by atoms with Crippen molar-refractivity contribution in [3.8, 4) is 22.4 Å². The van der Waals surface area contributed by atoms with Gasteiger partial charge in [-0.25, -0.2) is 0 Å². The van der Waals surface area contributed by atoms with Gasteiger partial charge in [0.25, 0.3) is 5.56 Å². The second-order valence-electron chi connectivity index (χ2n) is 8.64. The van der Waals surface area contributed by atoms with Crippen LogP contribution in [0, 0.1) is 0 Å². The van der Waals surface area contributed by atoms with E-state index in [4.69, 9.17) is 5.73 Å².